The number of amides is 1. The van der Waals surface area contributed by atoms with Crippen LogP contribution in [-0.4, -0.2) is 21.5 Å². The maximum Gasteiger partial charge on any atom is 0.269 e. The van der Waals surface area contributed by atoms with Crippen LogP contribution in [-0.2, 0) is 11.3 Å². The summed E-state index contributed by atoms with van der Waals surface area (Å²) in [5.74, 6) is 0.269. The molecule has 2 aromatic carbocycles. The number of nitrogens with zero attached hydrogens (tertiary/aromatic N) is 2. The lowest BCUT2D eigenvalue weighted by Gasteiger charge is -2.11. The molecule has 0 bridgehead atoms. The summed E-state index contributed by atoms with van der Waals surface area (Å²) in [6.45, 7) is 3.67. The molecule has 0 saturated heterocycles. The highest BCUT2D eigenvalue weighted by Crippen LogP contribution is 2.19. The van der Waals surface area contributed by atoms with Crippen molar-refractivity contribution in [3.05, 3.63) is 75.2 Å². The van der Waals surface area contributed by atoms with Crippen LogP contribution in [0.1, 0.15) is 13.8 Å². The van der Waals surface area contributed by atoms with Gasteiger partial charge in [0.1, 0.15) is 12.3 Å². The van der Waals surface area contributed by atoms with Crippen LogP contribution in [0.15, 0.2) is 59.5 Å². The zero-order valence-corrected chi connectivity index (χ0v) is 15.4. The van der Waals surface area contributed by atoms with Gasteiger partial charge in [0.25, 0.3) is 11.2 Å². The first-order valence-electron chi connectivity index (χ1n) is 8.67. The third-order valence-corrected chi connectivity index (χ3v) is 4.00. The number of nitrogens with one attached hydrogen (secondary N) is 1. The fraction of sp³-hybridized carbons (Fsp3) is 0.200. The molecule has 1 heterocycles. The van der Waals surface area contributed by atoms with Crippen LogP contribution in [0.4, 0.5) is 11.4 Å². The van der Waals surface area contributed by atoms with Gasteiger partial charge < -0.3 is 14.6 Å². The predicted molar refractivity (Wildman–Crippen MR) is 106 cm³/mol. The van der Waals surface area contributed by atoms with Gasteiger partial charge >= 0.3 is 0 Å². The molecule has 1 amide bonds. The topological polar surface area (TPSA) is 103 Å². The Labute approximate surface area is 160 Å². The van der Waals surface area contributed by atoms with Gasteiger partial charge in [0.2, 0.25) is 5.91 Å². The van der Waals surface area contributed by atoms with Crippen LogP contribution in [0.3, 0.4) is 0 Å². The number of non-ortho nitro benzene ring substituents is 1. The molecule has 8 heteroatoms. The summed E-state index contributed by atoms with van der Waals surface area (Å²) in [5, 5.41) is 14.5. The van der Waals surface area contributed by atoms with Crippen molar-refractivity contribution in [1.82, 2.24) is 4.57 Å². The average molecular weight is 381 g/mol. The summed E-state index contributed by atoms with van der Waals surface area (Å²) in [6, 6.07) is 12.4. The minimum Gasteiger partial charge on any atom is -0.491 e. The van der Waals surface area contributed by atoms with Gasteiger partial charge in [-0.2, -0.15) is 0 Å². The monoisotopic (exact) mass is 381 g/mol. The Morgan fingerprint density at radius 3 is 2.54 bits per heavy atom. The Hall–Kier alpha value is -3.68. The van der Waals surface area contributed by atoms with E-state index >= 15 is 0 Å². The van der Waals surface area contributed by atoms with Gasteiger partial charge in [-0.1, -0.05) is 0 Å². The average Bonchev–Trinajstić information content (AvgIpc) is 2.64. The number of rotatable bonds is 6. The Morgan fingerprint density at radius 2 is 1.89 bits per heavy atom. The van der Waals surface area contributed by atoms with E-state index in [0.717, 1.165) is 5.39 Å². The molecule has 3 rings (SSSR count). The fourth-order valence-corrected chi connectivity index (χ4v) is 2.76. The number of pyridine rings is 1. The lowest BCUT2D eigenvalue weighted by molar-refractivity contribution is -0.384. The van der Waals surface area contributed by atoms with Crippen molar-refractivity contribution in [1.29, 1.82) is 0 Å². The highest BCUT2D eigenvalue weighted by atomic mass is 16.6. The summed E-state index contributed by atoms with van der Waals surface area (Å²) < 4.78 is 6.94. The van der Waals surface area contributed by atoms with Crippen molar-refractivity contribution in [3.63, 3.8) is 0 Å². The number of nitro benzene ring substituents is 1. The van der Waals surface area contributed by atoms with E-state index in [9.17, 15) is 19.7 Å². The molecular weight excluding hydrogens is 362 g/mol. The molecule has 0 aliphatic heterocycles. The predicted octanol–water partition coefficient (Wildman–Crippen LogP) is 3.34. The molecule has 0 aliphatic rings. The molecule has 0 atom stereocenters. The van der Waals surface area contributed by atoms with E-state index in [0.29, 0.717) is 16.8 Å². The number of carbonyl (C=O) groups excluding carboxylic acids is 1. The first-order chi connectivity index (χ1) is 13.3. The van der Waals surface area contributed by atoms with Crippen molar-refractivity contribution < 1.29 is 14.5 Å². The van der Waals surface area contributed by atoms with Crippen molar-refractivity contribution in [3.8, 4) is 5.75 Å². The second-order valence-corrected chi connectivity index (χ2v) is 6.52. The van der Waals surface area contributed by atoms with Crippen LogP contribution in [0, 0.1) is 10.1 Å². The van der Waals surface area contributed by atoms with E-state index in [4.69, 9.17) is 4.74 Å². The molecule has 28 heavy (non-hydrogen) atoms. The molecule has 1 N–H and O–H groups in total. The van der Waals surface area contributed by atoms with E-state index in [2.05, 4.69) is 5.32 Å². The van der Waals surface area contributed by atoms with Gasteiger partial charge in [0.15, 0.2) is 0 Å². The van der Waals surface area contributed by atoms with Crippen molar-refractivity contribution in [2.45, 2.75) is 26.5 Å². The smallest absolute Gasteiger partial charge is 0.269 e. The summed E-state index contributed by atoms with van der Waals surface area (Å²) in [7, 11) is 0. The van der Waals surface area contributed by atoms with Gasteiger partial charge in [0, 0.05) is 29.4 Å². The minimum atomic E-state index is -0.516. The number of hydrogen-bond acceptors (Lipinski definition) is 5. The summed E-state index contributed by atoms with van der Waals surface area (Å²) >= 11 is 0. The maximum atomic E-state index is 12.6. The third-order valence-electron chi connectivity index (χ3n) is 4.00. The number of anilines is 1. The molecule has 0 fully saturated rings. The Balaban J connectivity index is 1.76. The molecule has 0 unspecified atom stereocenters. The number of ether oxygens (including phenoxy) is 1. The number of nitro groups is 1. The molecule has 0 saturated carbocycles. The second kappa shape index (κ2) is 7.91. The minimum absolute atomic E-state index is 0.0286. The van der Waals surface area contributed by atoms with Gasteiger partial charge in [0.05, 0.1) is 11.0 Å². The van der Waals surface area contributed by atoms with Gasteiger partial charge in [-0.3, -0.25) is 19.7 Å². The zero-order valence-electron chi connectivity index (χ0n) is 15.4. The quantitative estimate of drug-likeness (QED) is 0.521. The van der Waals surface area contributed by atoms with Crippen LogP contribution >= 0.6 is 0 Å². The number of hydrogen-bond donors (Lipinski definition) is 1. The van der Waals surface area contributed by atoms with Gasteiger partial charge in [-0.25, -0.2) is 0 Å². The summed E-state index contributed by atoms with van der Waals surface area (Å²) in [5.41, 5.74) is 0.0666. The number of fused-ring (bicyclic) bond motifs is 1. The van der Waals surface area contributed by atoms with Crippen molar-refractivity contribution in [2.75, 3.05) is 5.32 Å². The Bertz CT molecular complexity index is 1090. The second-order valence-electron chi connectivity index (χ2n) is 6.52. The van der Waals surface area contributed by atoms with Crippen LogP contribution in [0.25, 0.3) is 10.8 Å². The largest absolute Gasteiger partial charge is 0.491 e. The SMILES string of the molecule is CC(C)Oc1ccc2c(=O)n(CC(=O)Nc3ccc([N+](=O)[O-])cc3)ccc2c1. The first-order valence-corrected chi connectivity index (χ1v) is 8.67. The fourth-order valence-electron chi connectivity index (χ4n) is 2.76. The Morgan fingerprint density at radius 1 is 1.18 bits per heavy atom. The number of carbonyl (C=O) groups is 1. The first kappa shape index (κ1) is 19.1. The lowest BCUT2D eigenvalue weighted by Crippen LogP contribution is -2.27. The standard InChI is InChI=1S/C20H19N3O5/c1-13(2)28-17-7-8-18-14(11-17)9-10-22(20(18)25)12-19(24)21-15-3-5-16(6-4-15)23(26)27/h3-11,13H,12H2,1-2H3,(H,21,24). The summed E-state index contributed by atoms with van der Waals surface area (Å²) in [6.07, 6.45) is 1.58. The van der Waals surface area contributed by atoms with E-state index in [1.54, 1.807) is 30.5 Å². The van der Waals surface area contributed by atoms with E-state index in [1.165, 1.54) is 28.8 Å². The molecule has 144 valence electrons. The van der Waals surface area contributed by atoms with Crippen LogP contribution < -0.4 is 15.6 Å². The van der Waals surface area contributed by atoms with Crippen molar-refractivity contribution >= 4 is 28.1 Å². The molecular formula is C20H19N3O5. The number of aromatic nitrogens is 1. The van der Waals surface area contributed by atoms with Crippen LogP contribution in [0.5, 0.6) is 5.75 Å². The highest BCUT2D eigenvalue weighted by Gasteiger charge is 2.10. The molecule has 0 radical (unpaired) electrons. The molecule has 0 aliphatic carbocycles. The van der Waals surface area contributed by atoms with Crippen LogP contribution in [0.2, 0.25) is 0 Å². The Kier molecular flexibility index (Phi) is 5.39. The van der Waals surface area contributed by atoms with Gasteiger partial charge in [-0.05, 0) is 55.6 Å². The summed E-state index contributed by atoms with van der Waals surface area (Å²) in [4.78, 5) is 35.0. The van der Waals surface area contributed by atoms with Crippen molar-refractivity contribution in [2.24, 2.45) is 0 Å². The highest BCUT2D eigenvalue weighted by molar-refractivity contribution is 5.91. The molecule has 1 aromatic heterocycles. The van der Waals surface area contributed by atoms with E-state index in [1.807, 2.05) is 13.8 Å². The third kappa shape index (κ3) is 4.35. The zero-order chi connectivity index (χ0) is 20.3. The normalized spacial score (nSPS) is 10.8. The molecule has 8 nitrogen and oxygen atoms in total. The van der Waals surface area contributed by atoms with E-state index in [-0.39, 0.29) is 23.9 Å². The van der Waals surface area contributed by atoms with E-state index < -0.39 is 10.8 Å². The maximum absolute atomic E-state index is 12.6. The van der Waals surface area contributed by atoms with Gasteiger partial charge in [-0.15, -0.1) is 0 Å². The lowest BCUT2D eigenvalue weighted by atomic mass is 10.1. The number of benzene rings is 2. The molecule has 0 spiro atoms. The molecule has 3 aromatic rings.